The Morgan fingerprint density at radius 2 is 2.22 bits per heavy atom. The van der Waals surface area contributed by atoms with E-state index >= 15 is 0 Å². The van der Waals surface area contributed by atoms with Gasteiger partial charge in [0.15, 0.2) is 0 Å². The highest BCUT2D eigenvalue weighted by Crippen LogP contribution is 2.53. The van der Waals surface area contributed by atoms with Crippen LogP contribution >= 0.6 is 11.8 Å². The summed E-state index contributed by atoms with van der Waals surface area (Å²) in [6.45, 7) is 1.99. The predicted octanol–water partition coefficient (Wildman–Crippen LogP) is 1.60. The quantitative estimate of drug-likeness (QED) is 0.722. The Balaban J connectivity index is 2.10. The molecule has 1 fully saturated rings. The van der Waals surface area contributed by atoms with Crippen LogP contribution in [0, 0.1) is 0 Å². The zero-order valence-electron chi connectivity index (χ0n) is 10.2. The summed E-state index contributed by atoms with van der Waals surface area (Å²) >= 11 is 1.62. The molecule has 1 saturated heterocycles. The van der Waals surface area contributed by atoms with Gasteiger partial charge in [0, 0.05) is 16.9 Å². The molecule has 0 saturated carbocycles. The molecule has 0 aliphatic carbocycles. The van der Waals surface area contributed by atoms with Crippen LogP contribution in [0.4, 0.5) is 0 Å². The first-order chi connectivity index (χ1) is 8.59. The monoisotopic (exact) mass is 263 g/mol. The van der Waals surface area contributed by atoms with Crippen molar-refractivity contribution >= 4 is 23.6 Å². The Labute approximate surface area is 109 Å². The second-order valence-electron chi connectivity index (χ2n) is 4.55. The van der Waals surface area contributed by atoms with Crippen molar-refractivity contribution in [2.24, 2.45) is 0 Å². The third kappa shape index (κ3) is 1.28. The molecule has 5 heteroatoms. The van der Waals surface area contributed by atoms with Gasteiger partial charge >= 0.3 is 5.97 Å². The van der Waals surface area contributed by atoms with Crippen LogP contribution < -0.4 is 0 Å². The summed E-state index contributed by atoms with van der Waals surface area (Å²) in [5, 5.41) is 0. The molecule has 0 aromatic heterocycles. The number of thioether (sulfide) groups is 1. The van der Waals surface area contributed by atoms with Crippen LogP contribution in [0.3, 0.4) is 0 Å². The van der Waals surface area contributed by atoms with Crippen molar-refractivity contribution in [1.29, 1.82) is 0 Å². The second-order valence-corrected chi connectivity index (χ2v) is 5.97. The molecular weight excluding hydrogens is 250 g/mol. The number of hydrogen-bond donors (Lipinski definition) is 0. The standard InChI is InChI=1S/C13H13NO3S/c1-13-9-6-4-3-5-8(9)11(15)14(13)10(7-18-13)12(16)17-2/h3-6,10H,7H2,1-2H3/t10-,13-/m1/s1. The number of amides is 1. The first kappa shape index (κ1) is 11.6. The third-order valence-electron chi connectivity index (χ3n) is 3.64. The molecule has 1 aromatic carbocycles. The Hall–Kier alpha value is -1.49. The Morgan fingerprint density at radius 3 is 2.94 bits per heavy atom. The van der Waals surface area contributed by atoms with Crippen LogP contribution in [0.15, 0.2) is 24.3 Å². The smallest absolute Gasteiger partial charge is 0.329 e. The summed E-state index contributed by atoms with van der Waals surface area (Å²) in [7, 11) is 1.36. The van der Waals surface area contributed by atoms with Gasteiger partial charge in [0.25, 0.3) is 5.91 Å². The van der Waals surface area contributed by atoms with Crippen molar-refractivity contribution < 1.29 is 14.3 Å². The predicted molar refractivity (Wildman–Crippen MR) is 68.2 cm³/mol. The van der Waals surface area contributed by atoms with Crippen molar-refractivity contribution in [3.8, 4) is 0 Å². The summed E-state index contributed by atoms with van der Waals surface area (Å²) < 4.78 is 4.79. The highest BCUT2D eigenvalue weighted by molar-refractivity contribution is 8.00. The molecule has 4 nitrogen and oxygen atoms in total. The lowest BCUT2D eigenvalue weighted by molar-refractivity contribution is -0.145. The average molecular weight is 263 g/mol. The lowest BCUT2D eigenvalue weighted by Gasteiger charge is -2.29. The number of carbonyl (C=O) groups excluding carboxylic acids is 2. The summed E-state index contributed by atoms with van der Waals surface area (Å²) in [4.78, 5) is 25.4. The van der Waals surface area contributed by atoms with Crippen molar-refractivity contribution in [2.75, 3.05) is 12.9 Å². The maximum Gasteiger partial charge on any atom is 0.329 e. The van der Waals surface area contributed by atoms with E-state index in [-0.39, 0.29) is 11.9 Å². The average Bonchev–Trinajstić information content (AvgIpc) is 2.85. The van der Waals surface area contributed by atoms with Crippen LogP contribution in [0.1, 0.15) is 22.8 Å². The molecule has 0 unspecified atom stereocenters. The maximum atomic E-state index is 12.4. The van der Waals surface area contributed by atoms with Gasteiger partial charge in [-0.25, -0.2) is 4.79 Å². The zero-order valence-corrected chi connectivity index (χ0v) is 11.0. The van der Waals surface area contributed by atoms with Gasteiger partial charge in [-0.05, 0) is 13.0 Å². The number of carbonyl (C=O) groups is 2. The highest BCUT2D eigenvalue weighted by atomic mass is 32.2. The van der Waals surface area contributed by atoms with Gasteiger partial charge in [0.1, 0.15) is 10.9 Å². The lowest BCUT2D eigenvalue weighted by Crippen LogP contribution is -2.45. The van der Waals surface area contributed by atoms with Crippen LogP contribution in [-0.2, 0) is 14.4 Å². The SMILES string of the molecule is COC(=O)[C@H]1CS[C@]2(C)c3ccccc3C(=O)N12. The lowest BCUT2D eigenvalue weighted by atomic mass is 10.1. The Kier molecular flexibility index (Phi) is 2.41. The van der Waals surface area contributed by atoms with Crippen molar-refractivity contribution in [3.63, 3.8) is 0 Å². The van der Waals surface area contributed by atoms with Gasteiger partial charge in [-0.3, -0.25) is 4.79 Å². The molecule has 2 heterocycles. The molecule has 18 heavy (non-hydrogen) atoms. The molecule has 0 spiro atoms. The number of rotatable bonds is 1. The summed E-state index contributed by atoms with van der Waals surface area (Å²) in [5.41, 5.74) is 1.69. The molecule has 2 aliphatic heterocycles. The van der Waals surface area contributed by atoms with Crippen LogP contribution in [0.2, 0.25) is 0 Å². The molecule has 1 aromatic rings. The number of fused-ring (bicyclic) bond motifs is 3. The molecule has 2 aliphatic rings. The normalized spacial score (nSPS) is 29.1. The molecule has 94 valence electrons. The minimum absolute atomic E-state index is 0.0755. The molecule has 1 amide bonds. The molecule has 3 rings (SSSR count). The van der Waals surface area contributed by atoms with Gasteiger partial charge < -0.3 is 9.64 Å². The van der Waals surface area contributed by atoms with Crippen LogP contribution in [0.5, 0.6) is 0 Å². The van der Waals surface area contributed by atoms with E-state index in [1.165, 1.54) is 7.11 Å². The number of nitrogens with zero attached hydrogens (tertiary/aromatic N) is 1. The van der Waals surface area contributed by atoms with Gasteiger partial charge in [-0.1, -0.05) is 18.2 Å². The molecular formula is C13H13NO3S. The van der Waals surface area contributed by atoms with E-state index in [2.05, 4.69) is 0 Å². The van der Waals surface area contributed by atoms with E-state index in [0.717, 1.165) is 5.56 Å². The maximum absolute atomic E-state index is 12.4. The molecule has 0 N–H and O–H groups in total. The zero-order chi connectivity index (χ0) is 12.9. The minimum Gasteiger partial charge on any atom is -0.467 e. The molecule has 0 bridgehead atoms. The first-order valence-electron chi connectivity index (χ1n) is 5.74. The van der Waals surface area contributed by atoms with Crippen molar-refractivity contribution in [1.82, 2.24) is 4.90 Å². The fourth-order valence-corrected chi connectivity index (χ4v) is 4.19. The molecule has 2 atom stereocenters. The first-order valence-corrected chi connectivity index (χ1v) is 6.73. The van der Waals surface area contributed by atoms with Crippen LogP contribution in [-0.4, -0.2) is 35.7 Å². The highest BCUT2D eigenvalue weighted by Gasteiger charge is 2.56. The summed E-state index contributed by atoms with van der Waals surface area (Å²) in [6.07, 6.45) is 0. The number of benzene rings is 1. The third-order valence-corrected chi connectivity index (χ3v) is 5.10. The van der Waals surface area contributed by atoms with E-state index in [9.17, 15) is 9.59 Å². The number of ether oxygens (including phenoxy) is 1. The largest absolute Gasteiger partial charge is 0.467 e. The van der Waals surface area contributed by atoms with Crippen molar-refractivity contribution in [3.05, 3.63) is 35.4 Å². The number of esters is 1. The van der Waals surface area contributed by atoms with Crippen LogP contribution in [0.25, 0.3) is 0 Å². The summed E-state index contributed by atoms with van der Waals surface area (Å²) in [6, 6.07) is 7.06. The topological polar surface area (TPSA) is 46.6 Å². The van der Waals surface area contributed by atoms with E-state index in [4.69, 9.17) is 4.74 Å². The van der Waals surface area contributed by atoms with Crippen molar-refractivity contribution in [2.45, 2.75) is 17.8 Å². The fraction of sp³-hybridized carbons (Fsp3) is 0.385. The van der Waals surface area contributed by atoms with E-state index in [1.807, 2.05) is 31.2 Å². The Bertz CT molecular complexity index is 545. The van der Waals surface area contributed by atoms with Gasteiger partial charge in [-0.15, -0.1) is 11.8 Å². The van der Waals surface area contributed by atoms with Gasteiger partial charge in [0.2, 0.25) is 0 Å². The van der Waals surface area contributed by atoms with E-state index in [1.54, 1.807) is 16.7 Å². The number of hydrogen-bond acceptors (Lipinski definition) is 4. The number of methoxy groups -OCH3 is 1. The van der Waals surface area contributed by atoms with E-state index in [0.29, 0.717) is 11.3 Å². The van der Waals surface area contributed by atoms with Gasteiger partial charge in [-0.2, -0.15) is 0 Å². The van der Waals surface area contributed by atoms with E-state index < -0.39 is 10.9 Å². The molecule has 0 radical (unpaired) electrons. The Morgan fingerprint density at radius 1 is 1.50 bits per heavy atom. The fourth-order valence-electron chi connectivity index (χ4n) is 2.74. The van der Waals surface area contributed by atoms with Gasteiger partial charge in [0.05, 0.1) is 7.11 Å². The summed E-state index contributed by atoms with van der Waals surface area (Å²) in [5.74, 6) is 0.171. The second kappa shape index (κ2) is 3.75. The minimum atomic E-state index is -0.482.